The topological polar surface area (TPSA) is 81.8 Å². The summed E-state index contributed by atoms with van der Waals surface area (Å²) in [4.78, 5) is 41.1. The standard InChI is InChI=1S/C21H29ClN4O3/c1-14-5-6-15(22)13-16(14)25-9-11-26(12-10-25)17(27)7-8-21(20(2,3)4)18(28)23-19(29)24-21/h5-6,13H,7-12H2,1-4H3,(H2,23,24,28,29). The Morgan fingerprint density at radius 1 is 1.17 bits per heavy atom. The Morgan fingerprint density at radius 3 is 2.38 bits per heavy atom. The van der Waals surface area contributed by atoms with Crippen LogP contribution in [0.4, 0.5) is 10.5 Å². The van der Waals surface area contributed by atoms with E-state index in [2.05, 4.69) is 22.5 Å². The normalized spacial score (nSPS) is 22.5. The molecular weight excluding hydrogens is 392 g/mol. The van der Waals surface area contributed by atoms with Crippen molar-refractivity contribution in [3.05, 3.63) is 28.8 Å². The van der Waals surface area contributed by atoms with Crippen LogP contribution in [0.2, 0.25) is 5.02 Å². The molecule has 2 aliphatic rings. The van der Waals surface area contributed by atoms with Gasteiger partial charge in [-0.1, -0.05) is 38.4 Å². The van der Waals surface area contributed by atoms with Gasteiger partial charge in [0.15, 0.2) is 0 Å². The summed E-state index contributed by atoms with van der Waals surface area (Å²) >= 11 is 6.14. The first-order valence-corrected chi connectivity index (χ1v) is 10.3. The number of carbonyl (C=O) groups excluding carboxylic acids is 3. The Hall–Kier alpha value is -2.28. The second-order valence-corrected chi connectivity index (χ2v) is 9.30. The van der Waals surface area contributed by atoms with Crippen LogP contribution in [0.25, 0.3) is 0 Å². The number of nitrogens with one attached hydrogen (secondary N) is 2. The van der Waals surface area contributed by atoms with Gasteiger partial charge in [-0.05, 0) is 36.5 Å². The summed E-state index contributed by atoms with van der Waals surface area (Å²) in [5, 5.41) is 5.79. The van der Waals surface area contributed by atoms with E-state index in [9.17, 15) is 14.4 Å². The Kier molecular flexibility index (Phi) is 5.81. The molecule has 1 aromatic carbocycles. The highest BCUT2D eigenvalue weighted by Crippen LogP contribution is 2.37. The van der Waals surface area contributed by atoms with Gasteiger partial charge in [0, 0.05) is 43.3 Å². The largest absolute Gasteiger partial charge is 0.368 e. The lowest BCUT2D eigenvalue weighted by Crippen LogP contribution is -2.57. The van der Waals surface area contributed by atoms with E-state index < -0.39 is 17.0 Å². The van der Waals surface area contributed by atoms with Gasteiger partial charge in [-0.2, -0.15) is 0 Å². The first-order chi connectivity index (χ1) is 13.5. The number of benzene rings is 1. The maximum Gasteiger partial charge on any atom is 0.322 e. The van der Waals surface area contributed by atoms with Crippen LogP contribution in [0.5, 0.6) is 0 Å². The van der Waals surface area contributed by atoms with Gasteiger partial charge >= 0.3 is 6.03 Å². The summed E-state index contributed by atoms with van der Waals surface area (Å²) < 4.78 is 0. The third kappa shape index (κ3) is 4.20. The van der Waals surface area contributed by atoms with Crippen LogP contribution in [0, 0.1) is 12.3 Å². The fourth-order valence-corrected chi connectivity index (χ4v) is 4.31. The van der Waals surface area contributed by atoms with Crippen molar-refractivity contribution < 1.29 is 14.4 Å². The number of amides is 4. The van der Waals surface area contributed by atoms with E-state index in [-0.39, 0.29) is 24.7 Å². The lowest BCUT2D eigenvalue weighted by Gasteiger charge is -2.40. The summed E-state index contributed by atoms with van der Waals surface area (Å²) in [6.07, 6.45) is 0.488. The second kappa shape index (κ2) is 7.86. The van der Waals surface area contributed by atoms with E-state index >= 15 is 0 Å². The molecule has 2 fully saturated rings. The van der Waals surface area contributed by atoms with Crippen molar-refractivity contribution in [1.29, 1.82) is 0 Å². The number of carbonyl (C=O) groups is 3. The van der Waals surface area contributed by atoms with E-state index in [1.165, 1.54) is 0 Å². The van der Waals surface area contributed by atoms with Crippen LogP contribution in [0.3, 0.4) is 0 Å². The van der Waals surface area contributed by atoms with E-state index in [0.29, 0.717) is 18.1 Å². The lowest BCUT2D eigenvalue weighted by atomic mass is 9.71. The number of anilines is 1. The van der Waals surface area contributed by atoms with Crippen molar-refractivity contribution in [2.75, 3.05) is 31.1 Å². The molecule has 7 nitrogen and oxygen atoms in total. The number of hydrogen-bond acceptors (Lipinski definition) is 4. The first kappa shape index (κ1) is 21.4. The molecule has 4 amide bonds. The molecule has 2 N–H and O–H groups in total. The van der Waals surface area contributed by atoms with Crippen LogP contribution >= 0.6 is 11.6 Å². The molecule has 0 saturated carbocycles. The number of imide groups is 1. The highest BCUT2D eigenvalue weighted by atomic mass is 35.5. The maximum atomic E-state index is 12.8. The van der Waals surface area contributed by atoms with Crippen LogP contribution < -0.4 is 15.5 Å². The van der Waals surface area contributed by atoms with E-state index in [4.69, 9.17) is 11.6 Å². The molecule has 0 aromatic heterocycles. The average Bonchev–Trinajstić information content (AvgIpc) is 2.96. The first-order valence-electron chi connectivity index (χ1n) is 9.96. The Labute approximate surface area is 176 Å². The third-order valence-electron chi connectivity index (χ3n) is 6.08. The summed E-state index contributed by atoms with van der Waals surface area (Å²) in [6, 6.07) is 5.34. The van der Waals surface area contributed by atoms with Gasteiger partial charge in [0.2, 0.25) is 5.91 Å². The Balaban J connectivity index is 1.60. The van der Waals surface area contributed by atoms with E-state index in [0.717, 1.165) is 24.3 Å². The fourth-order valence-electron chi connectivity index (χ4n) is 4.14. The van der Waals surface area contributed by atoms with E-state index in [1.54, 1.807) is 0 Å². The minimum Gasteiger partial charge on any atom is -0.368 e. The smallest absolute Gasteiger partial charge is 0.322 e. The average molecular weight is 421 g/mol. The molecule has 158 valence electrons. The number of nitrogens with zero attached hydrogens (tertiary/aromatic N) is 2. The summed E-state index contributed by atoms with van der Waals surface area (Å²) in [5.41, 5.74) is 0.678. The molecule has 2 saturated heterocycles. The van der Waals surface area contributed by atoms with Crippen LogP contribution in [0.1, 0.15) is 39.2 Å². The van der Waals surface area contributed by atoms with Gasteiger partial charge in [0.25, 0.3) is 5.91 Å². The van der Waals surface area contributed by atoms with Gasteiger partial charge in [0.05, 0.1) is 0 Å². The maximum absolute atomic E-state index is 12.8. The molecule has 1 unspecified atom stereocenters. The zero-order valence-corrected chi connectivity index (χ0v) is 18.2. The Bertz CT molecular complexity index is 828. The van der Waals surface area contributed by atoms with E-state index in [1.807, 2.05) is 43.9 Å². The highest BCUT2D eigenvalue weighted by molar-refractivity contribution is 6.30. The van der Waals surface area contributed by atoms with Gasteiger partial charge in [-0.3, -0.25) is 14.9 Å². The van der Waals surface area contributed by atoms with Gasteiger partial charge in [-0.25, -0.2) is 4.79 Å². The molecule has 29 heavy (non-hydrogen) atoms. The van der Waals surface area contributed by atoms with Crippen LogP contribution in [0.15, 0.2) is 18.2 Å². The summed E-state index contributed by atoms with van der Waals surface area (Å²) in [6.45, 7) is 10.4. The van der Waals surface area contributed by atoms with Gasteiger partial charge in [0.1, 0.15) is 5.54 Å². The molecule has 0 bridgehead atoms. The zero-order chi connectivity index (χ0) is 21.4. The van der Waals surface area contributed by atoms with Crippen molar-refractivity contribution in [2.45, 2.75) is 46.1 Å². The monoisotopic (exact) mass is 420 g/mol. The number of piperazine rings is 1. The van der Waals surface area contributed by atoms with Crippen molar-refractivity contribution in [1.82, 2.24) is 15.5 Å². The van der Waals surface area contributed by atoms with Crippen molar-refractivity contribution in [3.8, 4) is 0 Å². The third-order valence-corrected chi connectivity index (χ3v) is 6.32. The van der Waals surface area contributed by atoms with Crippen molar-refractivity contribution in [2.24, 2.45) is 5.41 Å². The van der Waals surface area contributed by atoms with Crippen LogP contribution in [-0.4, -0.2) is 54.5 Å². The lowest BCUT2D eigenvalue weighted by molar-refractivity contribution is -0.133. The van der Waals surface area contributed by atoms with Crippen molar-refractivity contribution >= 4 is 35.1 Å². The molecule has 1 atom stereocenters. The highest BCUT2D eigenvalue weighted by Gasteiger charge is 2.54. The van der Waals surface area contributed by atoms with Gasteiger partial charge < -0.3 is 15.1 Å². The molecular formula is C21H29ClN4O3. The molecule has 0 aliphatic carbocycles. The number of halogens is 1. The summed E-state index contributed by atoms with van der Waals surface area (Å²) in [7, 11) is 0. The molecule has 0 spiro atoms. The number of aryl methyl sites for hydroxylation is 1. The molecule has 1 aromatic rings. The minimum absolute atomic E-state index is 0.00467. The van der Waals surface area contributed by atoms with Crippen molar-refractivity contribution in [3.63, 3.8) is 0 Å². The predicted octanol–water partition coefficient (Wildman–Crippen LogP) is 2.70. The predicted molar refractivity (Wildman–Crippen MR) is 113 cm³/mol. The molecule has 0 radical (unpaired) electrons. The summed E-state index contributed by atoms with van der Waals surface area (Å²) in [5.74, 6) is -0.353. The van der Waals surface area contributed by atoms with Crippen LogP contribution in [-0.2, 0) is 9.59 Å². The van der Waals surface area contributed by atoms with Gasteiger partial charge in [-0.15, -0.1) is 0 Å². The minimum atomic E-state index is -1.07. The number of hydrogen-bond donors (Lipinski definition) is 2. The molecule has 8 heteroatoms. The molecule has 2 aliphatic heterocycles. The molecule has 2 heterocycles. The SMILES string of the molecule is Cc1ccc(Cl)cc1N1CCN(C(=O)CCC2(C(C)(C)C)NC(=O)NC2=O)CC1. The zero-order valence-electron chi connectivity index (χ0n) is 17.5. The second-order valence-electron chi connectivity index (χ2n) is 8.86. The quantitative estimate of drug-likeness (QED) is 0.734. The number of urea groups is 1. The Morgan fingerprint density at radius 2 is 1.83 bits per heavy atom. The molecule has 3 rings (SSSR count). The number of rotatable bonds is 4. The fraction of sp³-hybridized carbons (Fsp3) is 0.571.